The van der Waals surface area contributed by atoms with Gasteiger partial charge >= 0.3 is 0 Å². The van der Waals surface area contributed by atoms with E-state index in [0.717, 1.165) is 11.3 Å². The van der Waals surface area contributed by atoms with Crippen LogP contribution in [0.3, 0.4) is 0 Å². The van der Waals surface area contributed by atoms with E-state index in [1.54, 1.807) is 6.07 Å². The molecule has 3 nitrogen and oxygen atoms in total. The number of hydrogen-bond donors (Lipinski definition) is 1. The van der Waals surface area contributed by atoms with Gasteiger partial charge in [0.2, 0.25) is 10.0 Å². The lowest BCUT2D eigenvalue weighted by molar-refractivity contribution is -0.0876. The highest BCUT2D eigenvalue weighted by molar-refractivity contribution is 9.11. The molecule has 0 saturated heterocycles. The molecule has 0 radical (unpaired) electrons. The Morgan fingerprint density at radius 1 is 1.44 bits per heavy atom. The van der Waals surface area contributed by atoms with Crippen molar-refractivity contribution in [1.82, 2.24) is 4.72 Å². The van der Waals surface area contributed by atoms with Crippen LogP contribution in [0.2, 0.25) is 0 Å². The van der Waals surface area contributed by atoms with Crippen LogP contribution in [-0.4, -0.2) is 20.4 Å². The van der Waals surface area contributed by atoms with Gasteiger partial charge in [-0.25, -0.2) is 21.9 Å². The predicted octanol–water partition coefficient (Wildman–Crippen LogP) is 2.59. The molecule has 0 unspecified atom stereocenters. The smallest absolute Gasteiger partial charge is 0.207 e. The minimum Gasteiger partial charge on any atom is -0.207 e. The summed E-state index contributed by atoms with van der Waals surface area (Å²) in [6.07, 6.45) is -0.836. The standard InChI is InChI=1S/C8H8BrF2NO2S2/c9-6-1-2-7(15-6)16(13,14)12-5-3-8(10,11)4-5/h1-2,5,12H,3-4H2. The quantitative estimate of drug-likeness (QED) is 0.925. The molecule has 0 spiro atoms. The van der Waals surface area contributed by atoms with E-state index in [0.29, 0.717) is 3.79 Å². The van der Waals surface area contributed by atoms with Gasteiger partial charge in [0.25, 0.3) is 5.92 Å². The molecule has 8 heteroatoms. The molecule has 1 N–H and O–H groups in total. The van der Waals surface area contributed by atoms with Crippen LogP contribution in [0.25, 0.3) is 0 Å². The molecule has 0 atom stereocenters. The number of nitrogens with one attached hydrogen (secondary N) is 1. The van der Waals surface area contributed by atoms with E-state index in [1.807, 2.05) is 0 Å². The fraction of sp³-hybridized carbons (Fsp3) is 0.500. The van der Waals surface area contributed by atoms with E-state index in [1.165, 1.54) is 6.07 Å². The topological polar surface area (TPSA) is 46.2 Å². The summed E-state index contributed by atoms with van der Waals surface area (Å²) in [5.74, 6) is -2.72. The molecule has 1 aliphatic rings. The lowest BCUT2D eigenvalue weighted by Crippen LogP contribution is -2.50. The van der Waals surface area contributed by atoms with Gasteiger partial charge in [0, 0.05) is 18.9 Å². The molecule has 90 valence electrons. The second-order valence-corrected chi connectivity index (χ2v) is 8.04. The van der Waals surface area contributed by atoms with Crippen LogP contribution in [-0.2, 0) is 10.0 Å². The van der Waals surface area contributed by atoms with Gasteiger partial charge in [-0.15, -0.1) is 11.3 Å². The highest BCUT2D eigenvalue weighted by Crippen LogP contribution is 2.38. The zero-order chi connectivity index (χ0) is 12.0. The Morgan fingerprint density at radius 3 is 2.50 bits per heavy atom. The number of rotatable bonds is 3. The lowest BCUT2D eigenvalue weighted by Gasteiger charge is -2.34. The van der Waals surface area contributed by atoms with Crippen molar-refractivity contribution in [2.45, 2.75) is 29.0 Å². The van der Waals surface area contributed by atoms with E-state index < -0.39 is 34.8 Å². The summed E-state index contributed by atoms with van der Waals surface area (Å²) >= 11 is 4.20. The van der Waals surface area contributed by atoms with Crippen molar-refractivity contribution in [2.24, 2.45) is 0 Å². The van der Waals surface area contributed by atoms with Crippen LogP contribution in [0.15, 0.2) is 20.1 Å². The van der Waals surface area contributed by atoms with Crippen LogP contribution < -0.4 is 4.72 Å². The van der Waals surface area contributed by atoms with Gasteiger partial charge in [-0.1, -0.05) is 0 Å². The minimum absolute atomic E-state index is 0.134. The van der Waals surface area contributed by atoms with E-state index in [9.17, 15) is 17.2 Å². The van der Waals surface area contributed by atoms with Crippen molar-refractivity contribution in [3.8, 4) is 0 Å². The monoisotopic (exact) mass is 331 g/mol. The second kappa shape index (κ2) is 4.01. The first-order valence-corrected chi connectivity index (χ1v) is 7.53. The van der Waals surface area contributed by atoms with Crippen LogP contribution in [0.4, 0.5) is 8.78 Å². The van der Waals surface area contributed by atoms with E-state index in [2.05, 4.69) is 20.7 Å². The summed E-state index contributed by atoms with van der Waals surface area (Å²) in [6.45, 7) is 0. The Balaban J connectivity index is 2.05. The molecule has 1 heterocycles. The average Bonchev–Trinajstić information content (AvgIpc) is 2.48. The predicted molar refractivity (Wildman–Crippen MR) is 60.3 cm³/mol. The molecule has 1 fully saturated rings. The fourth-order valence-corrected chi connectivity index (χ4v) is 4.73. The Bertz CT molecular complexity index is 492. The molecular weight excluding hydrogens is 324 g/mol. The van der Waals surface area contributed by atoms with Crippen LogP contribution in [0.5, 0.6) is 0 Å². The second-order valence-electron chi connectivity index (χ2n) is 3.64. The van der Waals surface area contributed by atoms with Gasteiger partial charge in [0.15, 0.2) is 0 Å². The first kappa shape index (κ1) is 12.4. The number of sulfonamides is 1. The number of halogens is 3. The molecule has 16 heavy (non-hydrogen) atoms. The fourth-order valence-electron chi connectivity index (χ4n) is 1.46. The summed E-state index contributed by atoms with van der Waals surface area (Å²) in [6, 6.07) is 2.39. The molecule has 1 aliphatic carbocycles. The van der Waals surface area contributed by atoms with Crippen molar-refractivity contribution in [3.63, 3.8) is 0 Å². The van der Waals surface area contributed by atoms with Crippen molar-refractivity contribution in [1.29, 1.82) is 0 Å². The summed E-state index contributed by atoms with van der Waals surface area (Å²) in [4.78, 5) is 0. The zero-order valence-electron chi connectivity index (χ0n) is 7.91. The van der Waals surface area contributed by atoms with Crippen molar-refractivity contribution >= 4 is 37.3 Å². The number of alkyl halides is 2. The summed E-state index contributed by atoms with van der Waals surface area (Å²) in [5.41, 5.74) is 0. The molecule has 1 aromatic heterocycles. The molecular formula is C8H8BrF2NO2S2. The normalized spacial score (nSPS) is 20.7. The van der Waals surface area contributed by atoms with Gasteiger partial charge < -0.3 is 0 Å². The highest BCUT2D eigenvalue weighted by Gasteiger charge is 2.46. The van der Waals surface area contributed by atoms with E-state index in [4.69, 9.17) is 0 Å². The molecule has 0 bridgehead atoms. The molecule has 1 saturated carbocycles. The Hall–Kier alpha value is -0.0500. The average molecular weight is 332 g/mol. The van der Waals surface area contributed by atoms with Crippen molar-refractivity contribution in [3.05, 3.63) is 15.9 Å². The van der Waals surface area contributed by atoms with Crippen molar-refractivity contribution in [2.75, 3.05) is 0 Å². The first-order valence-electron chi connectivity index (χ1n) is 4.44. The maximum absolute atomic E-state index is 12.5. The van der Waals surface area contributed by atoms with Crippen LogP contribution in [0, 0.1) is 0 Å². The third-order valence-electron chi connectivity index (χ3n) is 2.23. The summed E-state index contributed by atoms with van der Waals surface area (Å²) < 4.78 is 51.5. The summed E-state index contributed by atoms with van der Waals surface area (Å²) in [5, 5.41) is 0. The SMILES string of the molecule is O=S(=O)(NC1CC(F)(F)C1)c1ccc(Br)s1. The zero-order valence-corrected chi connectivity index (χ0v) is 11.1. The molecule has 2 rings (SSSR count). The lowest BCUT2D eigenvalue weighted by atomic mass is 9.89. The maximum atomic E-state index is 12.5. The maximum Gasteiger partial charge on any atom is 0.251 e. The van der Waals surface area contributed by atoms with Gasteiger partial charge in [-0.2, -0.15) is 0 Å². The third kappa shape index (κ3) is 2.61. The van der Waals surface area contributed by atoms with Gasteiger partial charge in [-0.3, -0.25) is 0 Å². The number of hydrogen-bond acceptors (Lipinski definition) is 3. The molecule has 0 aromatic carbocycles. The Morgan fingerprint density at radius 2 is 2.06 bits per heavy atom. The highest BCUT2D eigenvalue weighted by atomic mass is 79.9. The van der Waals surface area contributed by atoms with Gasteiger partial charge in [0.05, 0.1) is 3.79 Å². The van der Waals surface area contributed by atoms with E-state index in [-0.39, 0.29) is 4.21 Å². The third-order valence-corrected chi connectivity index (χ3v) is 5.86. The molecule has 1 aromatic rings. The van der Waals surface area contributed by atoms with Crippen LogP contribution in [0.1, 0.15) is 12.8 Å². The minimum atomic E-state index is -3.64. The summed E-state index contributed by atoms with van der Waals surface area (Å²) in [7, 11) is -3.64. The van der Waals surface area contributed by atoms with Crippen molar-refractivity contribution < 1.29 is 17.2 Å². The van der Waals surface area contributed by atoms with Gasteiger partial charge in [0.1, 0.15) is 4.21 Å². The Labute approximate surface area is 104 Å². The molecule has 0 amide bonds. The number of thiophene rings is 1. The van der Waals surface area contributed by atoms with Crippen LogP contribution >= 0.6 is 27.3 Å². The van der Waals surface area contributed by atoms with Gasteiger partial charge in [-0.05, 0) is 28.1 Å². The van der Waals surface area contributed by atoms with E-state index >= 15 is 0 Å². The largest absolute Gasteiger partial charge is 0.251 e. The first-order chi connectivity index (χ1) is 7.28. The Kier molecular flexibility index (Phi) is 3.11. The molecule has 0 aliphatic heterocycles.